The molecule has 5 heteroatoms. The van der Waals surface area contributed by atoms with E-state index in [0.717, 1.165) is 11.1 Å². The van der Waals surface area contributed by atoms with E-state index in [9.17, 15) is 13.2 Å². The second kappa shape index (κ2) is 8.05. The summed E-state index contributed by atoms with van der Waals surface area (Å²) in [6.07, 6.45) is 3.39. The highest BCUT2D eigenvalue weighted by Gasteiger charge is 2.22. The first-order chi connectivity index (χ1) is 11.8. The number of carbonyl (C=O) groups excluding carboxylic acids is 1. The van der Waals surface area contributed by atoms with Crippen molar-refractivity contribution in [3.8, 4) is 0 Å². The van der Waals surface area contributed by atoms with Crippen LogP contribution in [0, 0.1) is 6.92 Å². The van der Waals surface area contributed by atoms with Crippen LogP contribution < -0.4 is 4.72 Å². The largest absolute Gasteiger partial charge is 0.295 e. The topological polar surface area (TPSA) is 63.2 Å². The summed E-state index contributed by atoms with van der Waals surface area (Å²) in [6.45, 7) is 6.98. The lowest BCUT2D eigenvalue weighted by molar-refractivity contribution is -0.113. The molecule has 2 aromatic rings. The molecule has 0 aliphatic rings. The molecule has 1 atom stereocenters. The molecule has 0 aliphatic heterocycles. The summed E-state index contributed by atoms with van der Waals surface area (Å²) in [5.74, 6) is -0.269. The lowest BCUT2D eigenvalue weighted by atomic mass is 10.0. The quantitative estimate of drug-likeness (QED) is 0.773. The standard InChI is InChI=1S/C20H21NO3S/c1-15-9-12-19(13-10-15)25(23,24)21-20(16(2)17(3)22)14-11-18-7-5-4-6-8-18/h4-14,20-21H,2H2,1,3H3/b14-11+. The van der Waals surface area contributed by atoms with Gasteiger partial charge in [-0.3, -0.25) is 4.79 Å². The van der Waals surface area contributed by atoms with Crippen LogP contribution in [-0.4, -0.2) is 20.2 Å². The Balaban J connectivity index is 2.29. The predicted molar refractivity (Wildman–Crippen MR) is 101 cm³/mol. The van der Waals surface area contributed by atoms with E-state index < -0.39 is 16.1 Å². The first-order valence-electron chi connectivity index (χ1n) is 7.81. The van der Waals surface area contributed by atoms with E-state index in [4.69, 9.17) is 0 Å². The highest BCUT2D eigenvalue weighted by Crippen LogP contribution is 2.14. The van der Waals surface area contributed by atoms with Gasteiger partial charge in [0.25, 0.3) is 0 Å². The first-order valence-corrected chi connectivity index (χ1v) is 9.30. The summed E-state index contributed by atoms with van der Waals surface area (Å²) >= 11 is 0. The third kappa shape index (κ3) is 5.24. The molecule has 25 heavy (non-hydrogen) atoms. The van der Waals surface area contributed by atoms with Crippen molar-refractivity contribution in [3.05, 3.63) is 84.0 Å². The van der Waals surface area contributed by atoms with Gasteiger partial charge in [-0.05, 0) is 31.5 Å². The molecule has 0 radical (unpaired) electrons. The second-order valence-electron chi connectivity index (χ2n) is 5.76. The number of hydrogen-bond donors (Lipinski definition) is 1. The fourth-order valence-corrected chi connectivity index (χ4v) is 3.36. The fourth-order valence-electron chi connectivity index (χ4n) is 2.17. The minimum Gasteiger partial charge on any atom is -0.295 e. The number of hydrogen-bond acceptors (Lipinski definition) is 3. The molecule has 0 bridgehead atoms. The van der Waals surface area contributed by atoms with Gasteiger partial charge in [-0.15, -0.1) is 0 Å². The van der Waals surface area contributed by atoms with E-state index in [1.807, 2.05) is 37.3 Å². The molecular formula is C20H21NO3S. The molecule has 130 valence electrons. The van der Waals surface area contributed by atoms with Gasteiger partial charge in [0.2, 0.25) is 10.0 Å². The molecule has 1 unspecified atom stereocenters. The third-order valence-electron chi connectivity index (χ3n) is 3.72. The third-order valence-corrected chi connectivity index (χ3v) is 5.18. The number of aryl methyl sites for hydroxylation is 1. The molecule has 0 amide bonds. The average Bonchev–Trinajstić information content (AvgIpc) is 2.59. The monoisotopic (exact) mass is 355 g/mol. The van der Waals surface area contributed by atoms with Gasteiger partial charge in [0.1, 0.15) is 0 Å². The number of rotatable bonds is 7. The van der Waals surface area contributed by atoms with Crippen LogP contribution >= 0.6 is 0 Å². The van der Waals surface area contributed by atoms with E-state index in [1.165, 1.54) is 19.1 Å². The number of Topliss-reactive ketones (excluding diaryl/α,β-unsaturated/α-hetero) is 1. The van der Waals surface area contributed by atoms with Gasteiger partial charge >= 0.3 is 0 Å². The fraction of sp³-hybridized carbons (Fsp3) is 0.150. The summed E-state index contributed by atoms with van der Waals surface area (Å²) in [4.78, 5) is 11.8. The highest BCUT2D eigenvalue weighted by molar-refractivity contribution is 7.89. The summed E-state index contributed by atoms with van der Waals surface area (Å²) < 4.78 is 27.7. The van der Waals surface area contributed by atoms with E-state index in [2.05, 4.69) is 11.3 Å². The lowest BCUT2D eigenvalue weighted by Gasteiger charge is -2.16. The Kier molecular flexibility index (Phi) is 6.07. The normalized spacial score (nSPS) is 12.9. The van der Waals surface area contributed by atoms with Gasteiger partial charge in [0.15, 0.2) is 5.78 Å². The van der Waals surface area contributed by atoms with Crippen molar-refractivity contribution >= 4 is 21.9 Å². The summed E-state index contributed by atoms with van der Waals surface area (Å²) in [5.41, 5.74) is 2.05. The number of carbonyl (C=O) groups is 1. The number of nitrogens with one attached hydrogen (secondary N) is 1. The molecule has 0 fully saturated rings. The molecule has 0 heterocycles. The SMILES string of the molecule is C=C(C(C)=O)C(/C=C/c1ccccc1)NS(=O)(=O)c1ccc(C)cc1. The van der Waals surface area contributed by atoms with Crippen molar-refractivity contribution in [1.29, 1.82) is 0 Å². The van der Waals surface area contributed by atoms with Crippen molar-refractivity contribution in [3.63, 3.8) is 0 Å². The van der Waals surface area contributed by atoms with Crippen LogP contribution in [-0.2, 0) is 14.8 Å². The van der Waals surface area contributed by atoms with E-state index >= 15 is 0 Å². The number of sulfonamides is 1. The smallest absolute Gasteiger partial charge is 0.241 e. The molecule has 0 saturated carbocycles. The van der Waals surface area contributed by atoms with E-state index in [1.54, 1.807) is 24.3 Å². The zero-order valence-corrected chi connectivity index (χ0v) is 15.1. The maximum Gasteiger partial charge on any atom is 0.241 e. The van der Waals surface area contributed by atoms with Gasteiger partial charge in [-0.2, -0.15) is 4.72 Å². The Labute approximate surface area is 149 Å². The Hall–Kier alpha value is -2.50. The molecule has 0 spiro atoms. The van der Waals surface area contributed by atoms with Gasteiger partial charge in [0.05, 0.1) is 10.9 Å². The van der Waals surface area contributed by atoms with Crippen LogP contribution in [0.15, 0.2) is 77.7 Å². The van der Waals surface area contributed by atoms with Crippen molar-refractivity contribution in [1.82, 2.24) is 4.72 Å². The average molecular weight is 355 g/mol. The number of ketones is 1. The van der Waals surface area contributed by atoms with Gasteiger partial charge in [-0.25, -0.2) is 8.42 Å². The Morgan fingerprint density at radius 1 is 1.08 bits per heavy atom. The highest BCUT2D eigenvalue weighted by atomic mass is 32.2. The van der Waals surface area contributed by atoms with Crippen molar-refractivity contribution in [2.45, 2.75) is 24.8 Å². The van der Waals surface area contributed by atoms with Gasteiger partial charge in [-0.1, -0.05) is 66.8 Å². The van der Waals surface area contributed by atoms with Crippen LogP contribution in [0.1, 0.15) is 18.1 Å². The zero-order valence-electron chi connectivity index (χ0n) is 14.3. The second-order valence-corrected chi connectivity index (χ2v) is 7.48. The van der Waals surface area contributed by atoms with Gasteiger partial charge < -0.3 is 0 Å². The lowest BCUT2D eigenvalue weighted by Crippen LogP contribution is -2.36. The molecule has 2 rings (SSSR count). The maximum absolute atomic E-state index is 12.6. The van der Waals surface area contributed by atoms with Crippen LogP contribution in [0.3, 0.4) is 0 Å². The summed E-state index contributed by atoms with van der Waals surface area (Å²) in [5, 5.41) is 0. The molecule has 4 nitrogen and oxygen atoms in total. The maximum atomic E-state index is 12.6. The van der Waals surface area contributed by atoms with E-state index in [0.29, 0.717) is 0 Å². The Bertz CT molecular complexity index is 882. The zero-order chi connectivity index (χ0) is 18.4. The van der Waals surface area contributed by atoms with Crippen molar-refractivity contribution < 1.29 is 13.2 Å². The molecule has 0 aromatic heterocycles. The molecule has 0 aliphatic carbocycles. The van der Waals surface area contributed by atoms with Crippen LogP contribution in [0.2, 0.25) is 0 Å². The minimum absolute atomic E-state index is 0.146. The van der Waals surface area contributed by atoms with E-state index in [-0.39, 0.29) is 16.3 Å². The van der Waals surface area contributed by atoms with Crippen molar-refractivity contribution in [2.24, 2.45) is 0 Å². The Morgan fingerprint density at radius 3 is 2.24 bits per heavy atom. The predicted octanol–water partition coefficient (Wildman–Crippen LogP) is 3.50. The molecular weight excluding hydrogens is 334 g/mol. The van der Waals surface area contributed by atoms with Crippen LogP contribution in [0.5, 0.6) is 0 Å². The summed E-state index contributed by atoms with van der Waals surface area (Å²) in [7, 11) is -3.77. The molecule has 0 saturated heterocycles. The first kappa shape index (κ1) is 18.8. The molecule has 2 aromatic carbocycles. The molecule has 1 N–H and O–H groups in total. The van der Waals surface area contributed by atoms with Gasteiger partial charge in [0, 0.05) is 5.57 Å². The number of benzene rings is 2. The van der Waals surface area contributed by atoms with Crippen LogP contribution in [0.25, 0.3) is 6.08 Å². The Morgan fingerprint density at radius 2 is 1.68 bits per heavy atom. The van der Waals surface area contributed by atoms with Crippen LogP contribution in [0.4, 0.5) is 0 Å². The van der Waals surface area contributed by atoms with Crippen molar-refractivity contribution in [2.75, 3.05) is 0 Å². The minimum atomic E-state index is -3.77. The summed E-state index contributed by atoms with van der Waals surface area (Å²) in [6, 6.07) is 15.1.